The van der Waals surface area contributed by atoms with E-state index in [0.29, 0.717) is 28.4 Å². The van der Waals surface area contributed by atoms with Crippen LogP contribution in [0, 0.1) is 0 Å². The number of aromatic hydroxyl groups is 1. The van der Waals surface area contributed by atoms with Crippen molar-refractivity contribution in [3.63, 3.8) is 0 Å². The number of phenolic OH excluding ortho intramolecular Hbond substituents is 1. The van der Waals surface area contributed by atoms with Gasteiger partial charge in [0, 0.05) is 5.56 Å². The molecule has 2 heterocycles. The molecule has 32 heavy (non-hydrogen) atoms. The van der Waals surface area contributed by atoms with Crippen molar-refractivity contribution >= 4 is 17.4 Å². The highest BCUT2D eigenvalue weighted by Gasteiger charge is 2.46. The molecule has 8 nitrogen and oxygen atoms in total. The number of Topliss-reactive ketones (excluding diaryl/α,β-unsaturated/α-hetero) is 1. The Morgan fingerprint density at radius 3 is 2.38 bits per heavy atom. The monoisotopic (exact) mass is 435 g/mol. The summed E-state index contributed by atoms with van der Waals surface area (Å²) >= 11 is 0. The summed E-state index contributed by atoms with van der Waals surface area (Å²) in [6.07, 6.45) is 1.48. The summed E-state index contributed by atoms with van der Waals surface area (Å²) in [4.78, 5) is 27.3. The minimum atomic E-state index is -0.881. The van der Waals surface area contributed by atoms with E-state index in [-0.39, 0.29) is 23.6 Å². The van der Waals surface area contributed by atoms with Crippen molar-refractivity contribution in [1.82, 2.24) is 4.90 Å². The molecule has 164 valence electrons. The lowest BCUT2D eigenvalue weighted by Crippen LogP contribution is -2.29. The van der Waals surface area contributed by atoms with Crippen molar-refractivity contribution < 1.29 is 33.7 Å². The number of benzene rings is 2. The lowest BCUT2D eigenvalue weighted by molar-refractivity contribution is -0.140. The molecule has 3 aromatic rings. The number of aliphatic hydroxyl groups is 1. The SMILES string of the molecule is COc1ccc(/C(O)=C2/C(=O)C(=O)N(Cc3ccco3)C2c2ccc(O)cc2)cc1OC. The van der Waals surface area contributed by atoms with Gasteiger partial charge in [0.1, 0.15) is 17.3 Å². The van der Waals surface area contributed by atoms with Crippen LogP contribution in [0.1, 0.15) is 22.9 Å². The fourth-order valence-corrected chi connectivity index (χ4v) is 3.76. The van der Waals surface area contributed by atoms with Gasteiger partial charge in [-0.2, -0.15) is 0 Å². The van der Waals surface area contributed by atoms with E-state index < -0.39 is 17.7 Å². The summed E-state index contributed by atoms with van der Waals surface area (Å²) in [6, 6.07) is 13.3. The van der Waals surface area contributed by atoms with Gasteiger partial charge in [-0.15, -0.1) is 0 Å². The van der Waals surface area contributed by atoms with Gasteiger partial charge >= 0.3 is 0 Å². The number of hydrogen-bond acceptors (Lipinski definition) is 7. The number of methoxy groups -OCH3 is 2. The predicted octanol–water partition coefficient (Wildman–Crippen LogP) is 3.62. The van der Waals surface area contributed by atoms with Crippen LogP contribution < -0.4 is 9.47 Å². The zero-order chi connectivity index (χ0) is 22.8. The van der Waals surface area contributed by atoms with Gasteiger partial charge in [0.05, 0.1) is 38.6 Å². The van der Waals surface area contributed by atoms with E-state index in [1.54, 1.807) is 36.4 Å². The van der Waals surface area contributed by atoms with Gasteiger partial charge in [-0.3, -0.25) is 9.59 Å². The second-order valence-electron chi connectivity index (χ2n) is 7.17. The number of likely N-dealkylation sites (tertiary alicyclic amines) is 1. The summed E-state index contributed by atoms with van der Waals surface area (Å²) < 4.78 is 15.9. The highest BCUT2D eigenvalue weighted by Crippen LogP contribution is 2.41. The molecule has 1 aliphatic rings. The fourth-order valence-electron chi connectivity index (χ4n) is 3.76. The third-order valence-corrected chi connectivity index (χ3v) is 5.31. The van der Waals surface area contributed by atoms with Crippen molar-refractivity contribution in [2.45, 2.75) is 12.6 Å². The van der Waals surface area contributed by atoms with E-state index >= 15 is 0 Å². The first-order chi connectivity index (χ1) is 15.4. The van der Waals surface area contributed by atoms with Crippen molar-refractivity contribution in [1.29, 1.82) is 0 Å². The standard InChI is InChI=1S/C24H21NO7/c1-30-18-10-7-15(12-19(18)31-2)22(27)20-21(14-5-8-16(26)9-6-14)25(24(29)23(20)28)13-17-4-3-11-32-17/h3-12,21,26-27H,13H2,1-2H3/b22-20-. The number of carbonyl (C=O) groups excluding carboxylic acids is 2. The summed E-state index contributed by atoms with van der Waals surface area (Å²) in [5.74, 6) is -0.578. The number of hydrogen-bond donors (Lipinski definition) is 2. The molecule has 1 aliphatic heterocycles. The van der Waals surface area contributed by atoms with Crippen LogP contribution >= 0.6 is 0 Å². The van der Waals surface area contributed by atoms with Crippen LogP contribution in [0.15, 0.2) is 70.9 Å². The maximum atomic E-state index is 13.0. The third kappa shape index (κ3) is 3.66. The van der Waals surface area contributed by atoms with E-state index in [0.717, 1.165) is 0 Å². The van der Waals surface area contributed by atoms with Gasteiger partial charge in [0.25, 0.3) is 11.7 Å². The quantitative estimate of drug-likeness (QED) is 0.346. The maximum absolute atomic E-state index is 13.0. The molecule has 1 atom stereocenters. The van der Waals surface area contributed by atoms with E-state index in [9.17, 15) is 19.8 Å². The maximum Gasteiger partial charge on any atom is 0.296 e. The Morgan fingerprint density at radius 1 is 1.03 bits per heavy atom. The summed E-state index contributed by atoms with van der Waals surface area (Å²) in [6.45, 7) is 0.0336. The van der Waals surface area contributed by atoms with Crippen molar-refractivity contribution in [2.75, 3.05) is 14.2 Å². The van der Waals surface area contributed by atoms with Crippen LogP contribution in [0.2, 0.25) is 0 Å². The molecule has 1 amide bonds. The van der Waals surface area contributed by atoms with Gasteiger partial charge in [0.2, 0.25) is 0 Å². The molecule has 2 N–H and O–H groups in total. The van der Waals surface area contributed by atoms with Crippen molar-refractivity contribution in [2.24, 2.45) is 0 Å². The molecule has 0 bridgehead atoms. The third-order valence-electron chi connectivity index (χ3n) is 5.31. The number of furan rings is 1. The topological polar surface area (TPSA) is 109 Å². The Morgan fingerprint density at radius 2 is 1.75 bits per heavy atom. The molecule has 1 fully saturated rings. The molecule has 8 heteroatoms. The summed E-state index contributed by atoms with van der Waals surface area (Å²) in [5.41, 5.74) is 0.775. The smallest absolute Gasteiger partial charge is 0.296 e. The molecular formula is C24H21NO7. The van der Waals surface area contributed by atoms with Gasteiger partial charge < -0.3 is 29.0 Å². The minimum Gasteiger partial charge on any atom is -0.508 e. The molecular weight excluding hydrogens is 414 g/mol. The van der Waals surface area contributed by atoms with Crippen LogP contribution in [-0.2, 0) is 16.1 Å². The summed E-state index contributed by atoms with van der Waals surface area (Å²) in [5, 5.41) is 20.8. The molecule has 0 radical (unpaired) electrons. The Labute approximate surface area is 183 Å². The Hall–Kier alpha value is -4.20. The summed E-state index contributed by atoms with van der Waals surface area (Å²) in [7, 11) is 2.95. The predicted molar refractivity (Wildman–Crippen MR) is 114 cm³/mol. The second-order valence-corrected chi connectivity index (χ2v) is 7.17. The van der Waals surface area contributed by atoms with Crippen molar-refractivity contribution in [3.05, 3.63) is 83.3 Å². The van der Waals surface area contributed by atoms with Crippen molar-refractivity contribution in [3.8, 4) is 17.2 Å². The first kappa shape index (κ1) is 21.0. The van der Waals surface area contributed by atoms with Gasteiger partial charge in [0.15, 0.2) is 11.5 Å². The largest absolute Gasteiger partial charge is 0.508 e. The molecule has 4 rings (SSSR count). The first-order valence-electron chi connectivity index (χ1n) is 9.76. The lowest BCUT2D eigenvalue weighted by atomic mass is 9.95. The molecule has 2 aromatic carbocycles. The van der Waals surface area contributed by atoms with Gasteiger partial charge in [-0.25, -0.2) is 0 Å². The molecule has 1 aromatic heterocycles. The van der Waals surface area contributed by atoms with Crippen LogP contribution in [0.5, 0.6) is 17.2 Å². The molecule has 0 aliphatic carbocycles. The lowest BCUT2D eigenvalue weighted by Gasteiger charge is -2.24. The number of aliphatic hydroxyl groups excluding tert-OH is 1. The van der Waals surface area contributed by atoms with E-state index in [1.807, 2.05) is 0 Å². The number of carbonyl (C=O) groups is 2. The number of nitrogens with zero attached hydrogens (tertiary/aromatic N) is 1. The first-order valence-corrected chi connectivity index (χ1v) is 9.76. The Balaban J connectivity index is 1.87. The van der Waals surface area contributed by atoms with E-state index in [2.05, 4.69) is 0 Å². The van der Waals surface area contributed by atoms with Crippen LogP contribution in [-0.4, -0.2) is 41.0 Å². The van der Waals surface area contributed by atoms with Crippen LogP contribution in [0.3, 0.4) is 0 Å². The number of ketones is 1. The molecule has 0 spiro atoms. The highest BCUT2D eigenvalue weighted by molar-refractivity contribution is 6.46. The number of amides is 1. The minimum absolute atomic E-state index is 0.0336. The zero-order valence-electron chi connectivity index (χ0n) is 17.4. The average Bonchev–Trinajstić information content (AvgIpc) is 3.41. The van der Waals surface area contributed by atoms with Gasteiger partial charge in [-0.05, 0) is 48.0 Å². The van der Waals surface area contributed by atoms with E-state index in [1.165, 1.54) is 43.6 Å². The highest BCUT2D eigenvalue weighted by atomic mass is 16.5. The second kappa shape index (κ2) is 8.50. The van der Waals surface area contributed by atoms with Crippen LogP contribution in [0.4, 0.5) is 0 Å². The zero-order valence-corrected chi connectivity index (χ0v) is 17.4. The fraction of sp³-hybridized carbons (Fsp3) is 0.167. The molecule has 1 unspecified atom stereocenters. The van der Waals surface area contributed by atoms with E-state index in [4.69, 9.17) is 13.9 Å². The Bertz CT molecular complexity index is 1180. The number of rotatable bonds is 6. The average molecular weight is 435 g/mol. The van der Waals surface area contributed by atoms with Crippen LogP contribution in [0.25, 0.3) is 5.76 Å². The van der Waals surface area contributed by atoms with Gasteiger partial charge in [-0.1, -0.05) is 12.1 Å². The Kier molecular flexibility index (Phi) is 5.59. The molecule has 0 saturated carbocycles. The molecule has 1 saturated heterocycles. The number of ether oxygens (including phenoxy) is 2. The number of phenols is 1. The normalized spacial score (nSPS) is 17.6.